The molecule has 220 valence electrons. The van der Waals surface area contributed by atoms with E-state index in [4.69, 9.17) is 16.3 Å². The van der Waals surface area contributed by atoms with Crippen molar-refractivity contribution in [3.05, 3.63) is 88.9 Å². The average molecular weight is 600 g/mol. The number of amides is 2. The Bertz CT molecular complexity index is 1400. The summed E-state index contributed by atoms with van der Waals surface area (Å²) in [4.78, 5) is 28.7. The summed E-state index contributed by atoms with van der Waals surface area (Å²) in [7, 11) is -4.16. The minimum atomic E-state index is -4.16. The van der Waals surface area contributed by atoms with Gasteiger partial charge in [-0.05, 0) is 80.8 Å². The Balaban J connectivity index is 2.03. The number of nitrogens with one attached hydrogen (secondary N) is 1. The van der Waals surface area contributed by atoms with Crippen molar-refractivity contribution in [1.29, 1.82) is 0 Å². The summed E-state index contributed by atoms with van der Waals surface area (Å²) in [5.74, 6) is -0.246. The predicted molar refractivity (Wildman–Crippen MR) is 163 cm³/mol. The number of hydrogen-bond acceptors (Lipinski definition) is 5. The molecule has 0 saturated carbocycles. The van der Waals surface area contributed by atoms with Crippen LogP contribution in [0, 0.1) is 6.92 Å². The topological polar surface area (TPSA) is 96.0 Å². The van der Waals surface area contributed by atoms with Crippen LogP contribution in [0.15, 0.2) is 77.7 Å². The Labute approximate surface area is 248 Å². The fourth-order valence-corrected chi connectivity index (χ4v) is 5.85. The highest BCUT2D eigenvalue weighted by Crippen LogP contribution is 2.26. The van der Waals surface area contributed by atoms with Gasteiger partial charge in [0.05, 0.1) is 17.2 Å². The van der Waals surface area contributed by atoms with Crippen LogP contribution in [0.5, 0.6) is 5.75 Å². The molecule has 8 nitrogen and oxygen atoms in total. The molecule has 1 N–H and O–H groups in total. The van der Waals surface area contributed by atoms with E-state index in [1.165, 1.54) is 17.0 Å². The van der Waals surface area contributed by atoms with Crippen molar-refractivity contribution in [2.24, 2.45) is 0 Å². The van der Waals surface area contributed by atoms with E-state index in [1.807, 2.05) is 27.7 Å². The van der Waals surface area contributed by atoms with Crippen LogP contribution in [-0.2, 0) is 26.2 Å². The second-order valence-electron chi connectivity index (χ2n) is 9.61. The number of benzene rings is 3. The second-order valence-corrected chi connectivity index (χ2v) is 11.9. The van der Waals surface area contributed by atoms with Crippen molar-refractivity contribution in [1.82, 2.24) is 10.2 Å². The van der Waals surface area contributed by atoms with Crippen LogP contribution in [0.25, 0.3) is 0 Å². The first-order chi connectivity index (χ1) is 19.6. The third kappa shape index (κ3) is 8.47. The van der Waals surface area contributed by atoms with Gasteiger partial charge >= 0.3 is 0 Å². The third-order valence-electron chi connectivity index (χ3n) is 6.52. The first-order valence-corrected chi connectivity index (χ1v) is 15.6. The standard InChI is InChI=1S/C31H38ClN3O5S/c1-5-20-33-31(37)29(6-2)34(21-24-10-12-25(32)13-11-24)30(36)22-35(26-14-8-23(4)9-15-26)41(38,39)28-18-16-27(17-19-28)40-7-3/h8-19,29H,5-7,20-22H2,1-4H3,(H,33,37)/t29-/m1/s1. The van der Waals surface area contributed by atoms with Crippen LogP contribution in [-0.4, -0.2) is 50.9 Å². The predicted octanol–water partition coefficient (Wildman–Crippen LogP) is 5.58. The minimum absolute atomic E-state index is 0.0197. The monoisotopic (exact) mass is 599 g/mol. The summed E-state index contributed by atoms with van der Waals surface area (Å²) in [5, 5.41) is 3.43. The van der Waals surface area contributed by atoms with Gasteiger partial charge in [-0.3, -0.25) is 13.9 Å². The maximum Gasteiger partial charge on any atom is 0.264 e. The van der Waals surface area contributed by atoms with E-state index >= 15 is 0 Å². The molecule has 0 fully saturated rings. The first kappa shape index (κ1) is 32.0. The lowest BCUT2D eigenvalue weighted by Gasteiger charge is -2.33. The lowest BCUT2D eigenvalue weighted by molar-refractivity contribution is -0.140. The number of rotatable bonds is 14. The van der Waals surface area contributed by atoms with Crippen LogP contribution in [0.4, 0.5) is 5.69 Å². The van der Waals surface area contributed by atoms with Crippen molar-refractivity contribution >= 4 is 39.1 Å². The average Bonchev–Trinajstić information content (AvgIpc) is 2.96. The minimum Gasteiger partial charge on any atom is -0.494 e. The van der Waals surface area contributed by atoms with Gasteiger partial charge in [-0.25, -0.2) is 8.42 Å². The van der Waals surface area contributed by atoms with Crippen molar-refractivity contribution in [3.8, 4) is 5.75 Å². The van der Waals surface area contributed by atoms with Crippen LogP contribution in [0.2, 0.25) is 5.02 Å². The van der Waals surface area contributed by atoms with E-state index in [1.54, 1.807) is 60.7 Å². The second kappa shape index (κ2) is 14.9. The van der Waals surface area contributed by atoms with Gasteiger partial charge in [0.1, 0.15) is 18.3 Å². The summed E-state index contributed by atoms with van der Waals surface area (Å²) in [6.07, 6.45) is 1.10. The molecule has 0 heterocycles. The molecule has 3 rings (SSSR count). The van der Waals surface area contributed by atoms with E-state index < -0.39 is 28.5 Å². The van der Waals surface area contributed by atoms with Crippen LogP contribution in [0.1, 0.15) is 44.7 Å². The van der Waals surface area contributed by atoms with Gasteiger partial charge in [-0.2, -0.15) is 0 Å². The third-order valence-corrected chi connectivity index (χ3v) is 8.56. The van der Waals surface area contributed by atoms with Crippen molar-refractivity contribution in [2.75, 3.05) is 24.0 Å². The van der Waals surface area contributed by atoms with E-state index in [2.05, 4.69) is 5.32 Å². The number of nitrogens with zero attached hydrogens (tertiary/aromatic N) is 2. The molecule has 0 bridgehead atoms. The smallest absolute Gasteiger partial charge is 0.264 e. The lowest BCUT2D eigenvalue weighted by Crippen LogP contribution is -2.52. The molecule has 3 aromatic carbocycles. The van der Waals surface area contributed by atoms with E-state index in [9.17, 15) is 18.0 Å². The Morgan fingerprint density at radius 3 is 2.12 bits per heavy atom. The van der Waals surface area contributed by atoms with Gasteiger partial charge in [-0.15, -0.1) is 0 Å². The van der Waals surface area contributed by atoms with Gasteiger partial charge in [0.15, 0.2) is 0 Å². The van der Waals surface area contributed by atoms with Gasteiger partial charge < -0.3 is 15.0 Å². The number of ether oxygens (including phenoxy) is 1. The number of halogens is 1. The molecular formula is C31H38ClN3O5S. The maximum atomic E-state index is 14.1. The van der Waals surface area contributed by atoms with Gasteiger partial charge in [0.2, 0.25) is 11.8 Å². The summed E-state index contributed by atoms with van der Waals surface area (Å²) >= 11 is 6.07. The number of carbonyl (C=O) groups excluding carboxylic acids is 2. The number of hydrogen-bond donors (Lipinski definition) is 1. The Morgan fingerprint density at radius 2 is 1.56 bits per heavy atom. The zero-order valence-corrected chi connectivity index (χ0v) is 25.5. The highest BCUT2D eigenvalue weighted by molar-refractivity contribution is 7.92. The fourth-order valence-electron chi connectivity index (χ4n) is 4.31. The van der Waals surface area contributed by atoms with Gasteiger partial charge in [0, 0.05) is 18.1 Å². The molecule has 0 unspecified atom stereocenters. The number of carbonyl (C=O) groups is 2. The molecule has 2 amide bonds. The largest absolute Gasteiger partial charge is 0.494 e. The summed E-state index contributed by atoms with van der Waals surface area (Å²) in [5.41, 5.74) is 2.05. The number of sulfonamides is 1. The lowest BCUT2D eigenvalue weighted by atomic mass is 10.1. The normalized spacial score (nSPS) is 11.9. The fraction of sp³-hybridized carbons (Fsp3) is 0.355. The number of aryl methyl sites for hydroxylation is 1. The van der Waals surface area contributed by atoms with Crippen LogP contribution < -0.4 is 14.4 Å². The molecule has 41 heavy (non-hydrogen) atoms. The summed E-state index contributed by atoms with van der Waals surface area (Å²) in [6.45, 7) is 8.05. The molecule has 0 aliphatic heterocycles. The SMILES string of the molecule is CCCNC(=O)[C@@H](CC)N(Cc1ccc(Cl)cc1)C(=O)CN(c1ccc(C)cc1)S(=O)(=O)c1ccc(OCC)cc1. The Hall–Kier alpha value is -3.56. The zero-order valence-electron chi connectivity index (χ0n) is 24.0. The molecule has 0 aliphatic carbocycles. The summed E-state index contributed by atoms with van der Waals surface area (Å²) < 4.78 is 34.5. The maximum absolute atomic E-state index is 14.1. The quantitative estimate of drug-likeness (QED) is 0.261. The Kier molecular flexibility index (Phi) is 11.6. The number of anilines is 1. The molecule has 1 atom stereocenters. The van der Waals surface area contributed by atoms with Crippen molar-refractivity contribution in [3.63, 3.8) is 0 Å². The van der Waals surface area contributed by atoms with Crippen LogP contribution >= 0.6 is 11.6 Å². The highest BCUT2D eigenvalue weighted by atomic mass is 35.5. The molecule has 0 aliphatic rings. The van der Waals surface area contributed by atoms with E-state index in [-0.39, 0.29) is 17.3 Å². The van der Waals surface area contributed by atoms with Crippen molar-refractivity contribution < 1.29 is 22.7 Å². The van der Waals surface area contributed by atoms with Crippen LogP contribution in [0.3, 0.4) is 0 Å². The zero-order chi connectivity index (χ0) is 30.0. The first-order valence-electron chi connectivity index (χ1n) is 13.7. The highest BCUT2D eigenvalue weighted by Gasteiger charge is 2.33. The summed E-state index contributed by atoms with van der Waals surface area (Å²) in [6, 6.07) is 19.2. The Morgan fingerprint density at radius 1 is 0.927 bits per heavy atom. The molecular weight excluding hydrogens is 562 g/mol. The molecule has 0 aromatic heterocycles. The molecule has 0 radical (unpaired) electrons. The molecule has 0 saturated heterocycles. The molecule has 10 heteroatoms. The molecule has 0 spiro atoms. The molecule has 3 aromatic rings. The van der Waals surface area contributed by atoms with Crippen molar-refractivity contribution in [2.45, 2.75) is 58.0 Å². The van der Waals surface area contributed by atoms with Gasteiger partial charge in [-0.1, -0.05) is 55.3 Å². The van der Waals surface area contributed by atoms with Gasteiger partial charge in [0.25, 0.3) is 10.0 Å². The van der Waals surface area contributed by atoms with E-state index in [0.717, 1.165) is 21.9 Å². The van der Waals surface area contributed by atoms with E-state index in [0.29, 0.717) is 36.0 Å².